The molecule has 1 heterocycles. The lowest BCUT2D eigenvalue weighted by Crippen LogP contribution is -2.27. The summed E-state index contributed by atoms with van der Waals surface area (Å²) >= 11 is 3.77. The minimum atomic E-state index is -0.400. The zero-order chi connectivity index (χ0) is 30.6. The summed E-state index contributed by atoms with van der Waals surface area (Å²) in [5, 5.41) is 0. The highest BCUT2D eigenvalue weighted by molar-refractivity contribution is 9.10. The number of nitrogens with zero attached hydrogens (tertiary/aromatic N) is 1. The lowest BCUT2D eigenvalue weighted by atomic mass is 10.1. The van der Waals surface area contributed by atoms with Crippen molar-refractivity contribution >= 4 is 21.9 Å². The topological polar surface area (TPSA) is 58.9 Å². The summed E-state index contributed by atoms with van der Waals surface area (Å²) in [5.74, 6) is -0.400. The van der Waals surface area contributed by atoms with E-state index in [4.69, 9.17) is 18.9 Å². The largest absolute Gasteiger partial charge is 0.462 e. The third kappa shape index (κ3) is 8.12. The number of aromatic nitrogens is 1. The Balaban J connectivity index is 1.46. The molecule has 5 aromatic rings. The zero-order valence-electron chi connectivity index (χ0n) is 24.7. The van der Waals surface area contributed by atoms with Crippen LogP contribution in [0.5, 0.6) is 0 Å². The number of halogens is 1. The van der Waals surface area contributed by atoms with Gasteiger partial charge in [0.25, 0.3) is 0 Å². The van der Waals surface area contributed by atoms with Crippen LogP contribution in [0.1, 0.15) is 28.4 Å². The van der Waals surface area contributed by atoms with Crippen molar-refractivity contribution in [3.8, 4) is 22.5 Å². The molecule has 6 nitrogen and oxygen atoms in total. The van der Waals surface area contributed by atoms with Gasteiger partial charge >= 0.3 is 5.97 Å². The molecule has 0 unspecified atom stereocenters. The average Bonchev–Trinajstić information content (AvgIpc) is 3.37. The maximum atomic E-state index is 13.4. The Bertz CT molecular complexity index is 1550. The predicted molar refractivity (Wildman–Crippen MR) is 176 cm³/mol. The van der Waals surface area contributed by atoms with E-state index in [1.165, 1.54) is 0 Å². The molecule has 1 aromatic heterocycles. The first-order valence-electron chi connectivity index (χ1n) is 14.7. The summed E-state index contributed by atoms with van der Waals surface area (Å²) in [7, 11) is 0. The highest BCUT2D eigenvalue weighted by Gasteiger charge is 2.29. The van der Waals surface area contributed by atoms with Crippen LogP contribution in [0, 0.1) is 0 Å². The Hall–Kier alpha value is -4.01. The minimum absolute atomic E-state index is 0.153. The number of carbonyl (C=O) groups is 1. The smallest absolute Gasteiger partial charge is 0.341 e. The van der Waals surface area contributed by atoms with Gasteiger partial charge in [-0.3, -0.25) is 0 Å². The fraction of sp³-hybridized carbons (Fsp3) is 0.216. The number of esters is 1. The maximum Gasteiger partial charge on any atom is 0.341 e. The Morgan fingerprint density at radius 1 is 0.682 bits per heavy atom. The Morgan fingerprint density at radius 2 is 1.14 bits per heavy atom. The third-order valence-corrected chi connectivity index (χ3v) is 7.82. The molecule has 0 aliphatic heterocycles. The lowest BCUT2D eigenvalue weighted by Gasteiger charge is -2.21. The quantitative estimate of drug-likeness (QED) is 0.106. The second-order valence-electron chi connectivity index (χ2n) is 10.2. The molecule has 0 bridgehead atoms. The van der Waals surface area contributed by atoms with Gasteiger partial charge in [-0.1, -0.05) is 121 Å². The second-order valence-corrected chi connectivity index (χ2v) is 11.0. The highest BCUT2D eigenvalue weighted by Crippen LogP contribution is 2.41. The number of benzene rings is 4. The van der Waals surface area contributed by atoms with E-state index in [2.05, 4.69) is 15.9 Å². The predicted octanol–water partition coefficient (Wildman–Crippen LogP) is 8.54. The van der Waals surface area contributed by atoms with Crippen LogP contribution in [0.2, 0.25) is 0 Å². The van der Waals surface area contributed by atoms with Gasteiger partial charge in [0.15, 0.2) is 0 Å². The van der Waals surface area contributed by atoms with Gasteiger partial charge in [-0.05, 0) is 45.1 Å². The Labute approximate surface area is 267 Å². The van der Waals surface area contributed by atoms with Gasteiger partial charge in [0.1, 0.15) is 18.4 Å². The van der Waals surface area contributed by atoms with Crippen molar-refractivity contribution in [3.63, 3.8) is 0 Å². The van der Waals surface area contributed by atoms with Gasteiger partial charge in [0.2, 0.25) is 0 Å². The minimum Gasteiger partial charge on any atom is -0.462 e. The van der Waals surface area contributed by atoms with Crippen molar-refractivity contribution in [2.75, 3.05) is 19.8 Å². The van der Waals surface area contributed by atoms with Crippen LogP contribution in [-0.2, 0) is 38.9 Å². The fourth-order valence-electron chi connectivity index (χ4n) is 4.97. The van der Waals surface area contributed by atoms with Crippen LogP contribution in [0.3, 0.4) is 0 Å². The van der Waals surface area contributed by atoms with E-state index >= 15 is 0 Å². The van der Waals surface area contributed by atoms with Gasteiger partial charge in [-0.25, -0.2) is 4.79 Å². The molecule has 0 radical (unpaired) electrons. The standard InChI is InChI=1S/C37H36BrNO5/c1-2-43-37(40)33-34(38)36(31-21-13-6-14-22-31)39(35(33)30-19-11-5-12-20-30)27-44-32(25-41-23-28-15-7-3-8-16-28)26-42-24-29-17-9-4-10-18-29/h3-22,32H,2,23-27H2,1H3. The Morgan fingerprint density at radius 3 is 1.61 bits per heavy atom. The van der Waals surface area contributed by atoms with E-state index in [-0.39, 0.29) is 19.4 Å². The van der Waals surface area contributed by atoms with Crippen LogP contribution in [-0.4, -0.2) is 36.5 Å². The van der Waals surface area contributed by atoms with E-state index in [0.29, 0.717) is 42.2 Å². The molecule has 0 aliphatic carbocycles. The van der Waals surface area contributed by atoms with E-state index in [9.17, 15) is 4.79 Å². The number of ether oxygens (including phenoxy) is 4. The third-order valence-electron chi connectivity index (χ3n) is 7.05. The fourth-order valence-corrected chi connectivity index (χ4v) is 5.76. The molecule has 7 heteroatoms. The molecule has 226 valence electrons. The molecule has 44 heavy (non-hydrogen) atoms. The van der Waals surface area contributed by atoms with E-state index in [0.717, 1.165) is 27.9 Å². The lowest BCUT2D eigenvalue weighted by molar-refractivity contribution is -0.0866. The molecule has 0 atom stereocenters. The van der Waals surface area contributed by atoms with Crippen molar-refractivity contribution in [2.45, 2.75) is 33.0 Å². The van der Waals surface area contributed by atoms with Gasteiger partial charge in [0.05, 0.1) is 48.9 Å². The molecular formula is C37H36BrNO5. The number of hydrogen-bond donors (Lipinski definition) is 0. The highest BCUT2D eigenvalue weighted by atomic mass is 79.9. The molecular weight excluding hydrogens is 618 g/mol. The number of carbonyl (C=O) groups excluding carboxylic acids is 1. The number of rotatable bonds is 15. The number of hydrogen-bond acceptors (Lipinski definition) is 5. The van der Waals surface area contributed by atoms with Gasteiger partial charge in [-0.2, -0.15) is 0 Å². The summed E-state index contributed by atoms with van der Waals surface area (Å²) in [6.07, 6.45) is -0.373. The molecule has 0 saturated carbocycles. The summed E-state index contributed by atoms with van der Waals surface area (Å²) in [6, 6.07) is 39.9. The van der Waals surface area contributed by atoms with Crippen molar-refractivity contribution in [1.29, 1.82) is 0 Å². The van der Waals surface area contributed by atoms with E-state index in [1.54, 1.807) is 0 Å². The molecule has 0 aliphatic rings. The zero-order valence-corrected chi connectivity index (χ0v) is 26.3. The van der Waals surface area contributed by atoms with Crippen molar-refractivity contribution in [2.24, 2.45) is 0 Å². The van der Waals surface area contributed by atoms with Crippen LogP contribution >= 0.6 is 15.9 Å². The van der Waals surface area contributed by atoms with Crippen molar-refractivity contribution in [3.05, 3.63) is 142 Å². The van der Waals surface area contributed by atoms with Crippen LogP contribution in [0.15, 0.2) is 126 Å². The van der Waals surface area contributed by atoms with Crippen molar-refractivity contribution < 1.29 is 23.7 Å². The molecule has 0 spiro atoms. The Kier molecular flexibility index (Phi) is 11.5. The average molecular weight is 655 g/mol. The summed E-state index contributed by atoms with van der Waals surface area (Å²) in [4.78, 5) is 13.4. The molecule has 0 amide bonds. The molecule has 0 N–H and O–H groups in total. The summed E-state index contributed by atoms with van der Waals surface area (Å²) in [6.45, 7) is 3.82. The van der Waals surface area contributed by atoms with Crippen LogP contribution in [0.4, 0.5) is 0 Å². The first-order valence-corrected chi connectivity index (χ1v) is 15.5. The van der Waals surface area contributed by atoms with Crippen LogP contribution in [0.25, 0.3) is 22.5 Å². The first kappa shape index (κ1) is 31.4. The van der Waals surface area contributed by atoms with Gasteiger partial charge in [0, 0.05) is 0 Å². The first-order chi connectivity index (χ1) is 21.7. The molecule has 5 rings (SSSR count). The summed E-state index contributed by atoms with van der Waals surface area (Å²) < 4.78 is 27.0. The van der Waals surface area contributed by atoms with Gasteiger partial charge in [-0.15, -0.1) is 0 Å². The van der Waals surface area contributed by atoms with E-state index < -0.39 is 5.97 Å². The monoisotopic (exact) mass is 653 g/mol. The molecule has 0 fully saturated rings. The molecule has 0 saturated heterocycles. The van der Waals surface area contributed by atoms with E-state index in [1.807, 2.05) is 133 Å². The maximum absolute atomic E-state index is 13.4. The van der Waals surface area contributed by atoms with Gasteiger partial charge < -0.3 is 23.5 Å². The van der Waals surface area contributed by atoms with Crippen LogP contribution < -0.4 is 0 Å². The summed E-state index contributed by atoms with van der Waals surface area (Å²) in [5.41, 5.74) is 5.97. The molecule has 4 aromatic carbocycles. The normalized spacial score (nSPS) is 11.2. The van der Waals surface area contributed by atoms with Crippen molar-refractivity contribution in [1.82, 2.24) is 4.57 Å². The second kappa shape index (κ2) is 16.2. The SMILES string of the molecule is CCOC(=O)c1c(Br)c(-c2ccccc2)n(COC(COCc2ccccc2)COCc2ccccc2)c1-c1ccccc1.